The van der Waals surface area contributed by atoms with E-state index in [4.69, 9.17) is 5.73 Å². The average Bonchev–Trinajstić information content (AvgIpc) is 2.28. The minimum Gasteiger partial charge on any atom is -0.399 e. The van der Waals surface area contributed by atoms with Crippen LogP contribution in [0.5, 0.6) is 0 Å². The number of alkyl halides is 2. The fourth-order valence-electron chi connectivity index (χ4n) is 1.17. The molecule has 17 heavy (non-hydrogen) atoms. The first-order valence-electron chi connectivity index (χ1n) is 4.98. The number of benzene rings is 1. The van der Waals surface area contributed by atoms with E-state index in [1.54, 1.807) is 31.3 Å². The Labute approximate surface area is 98.0 Å². The summed E-state index contributed by atoms with van der Waals surface area (Å²) in [6.45, 7) is -1.10. The maximum absolute atomic E-state index is 11.8. The van der Waals surface area contributed by atoms with E-state index in [-0.39, 0.29) is 6.61 Å². The molecule has 2 N–H and O–H groups in total. The molecule has 0 radical (unpaired) electrons. The van der Waals surface area contributed by atoms with Crippen LogP contribution in [0.2, 0.25) is 0 Å². The Balaban J connectivity index is 2.49. The second kappa shape index (κ2) is 6.15. The number of hydrogen-bond donors (Lipinski definition) is 1. The number of likely N-dealkylation sites (N-methyl/N-ethyl adjacent to an activating group) is 1. The zero-order chi connectivity index (χ0) is 12.8. The van der Waals surface area contributed by atoms with Crippen LogP contribution in [0.4, 0.5) is 20.2 Å². The number of carbonyl (C=O) groups is 1. The molecule has 0 atom stereocenters. The summed E-state index contributed by atoms with van der Waals surface area (Å²) in [4.78, 5) is 12.9. The molecule has 0 spiro atoms. The molecule has 0 bridgehead atoms. The molecule has 0 aliphatic carbocycles. The standard InChI is InChI=1S/C11H14F2N2O2/c1-15(9-4-2-8(14)3-5-9)11(16)7-17-6-10(12)13/h2-5,10H,6-7,14H2,1H3. The van der Waals surface area contributed by atoms with Crippen LogP contribution in [-0.2, 0) is 9.53 Å². The van der Waals surface area contributed by atoms with E-state index in [0.29, 0.717) is 11.4 Å². The molecule has 4 nitrogen and oxygen atoms in total. The monoisotopic (exact) mass is 244 g/mol. The summed E-state index contributed by atoms with van der Waals surface area (Å²) in [5, 5.41) is 0. The number of anilines is 2. The molecule has 94 valence electrons. The van der Waals surface area contributed by atoms with Gasteiger partial charge in [-0.3, -0.25) is 4.79 Å². The summed E-state index contributed by atoms with van der Waals surface area (Å²) in [7, 11) is 1.54. The van der Waals surface area contributed by atoms with Crippen LogP contribution in [0.3, 0.4) is 0 Å². The number of carbonyl (C=O) groups excluding carboxylic acids is 1. The van der Waals surface area contributed by atoms with Crippen molar-refractivity contribution in [3.8, 4) is 0 Å². The molecular formula is C11H14F2N2O2. The number of nitrogens with zero attached hydrogens (tertiary/aromatic N) is 1. The van der Waals surface area contributed by atoms with E-state index in [0.717, 1.165) is 0 Å². The van der Waals surface area contributed by atoms with Gasteiger partial charge in [0.05, 0.1) is 0 Å². The van der Waals surface area contributed by atoms with Gasteiger partial charge in [0.1, 0.15) is 13.2 Å². The first-order valence-corrected chi connectivity index (χ1v) is 4.98. The number of nitrogens with two attached hydrogens (primary N) is 1. The van der Waals surface area contributed by atoms with Gasteiger partial charge in [-0.1, -0.05) is 0 Å². The van der Waals surface area contributed by atoms with Gasteiger partial charge in [0, 0.05) is 18.4 Å². The van der Waals surface area contributed by atoms with E-state index in [1.807, 2.05) is 0 Å². The van der Waals surface area contributed by atoms with Gasteiger partial charge in [0.25, 0.3) is 12.3 Å². The number of halogens is 2. The molecule has 1 amide bonds. The first-order chi connectivity index (χ1) is 8.00. The minimum absolute atomic E-state index is 0.370. The maximum atomic E-state index is 11.8. The van der Waals surface area contributed by atoms with Crippen LogP contribution in [0.1, 0.15) is 0 Å². The molecule has 0 aliphatic heterocycles. The number of ether oxygens (including phenoxy) is 1. The molecule has 6 heteroatoms. The third-order valence-corrected chi connectivity index (χ3v) is 2.12. The molecule has 1 rings (SSSR count). The lowest BCUT2D eigenvalue weighted by Crippen LogP contribution is -2.30. The molecule has 0 unspecified atom stereocenters. The molecule has 0 aromatic heterocycles. The largest absolute Gasteiger partial charge is 0.399 e. The van der Waals surface area contributed by atoms with Crippen molar-refractivity contribution in [1.29, 1.82) is 0 Å². The lowest BCUT2D eigenvalue weighted by molar-refractivity contribution is -0.124. The van der Waals surface area contributed by atoms with Gasteiger partial charge >= 0.3 is 0 Å². The van der Waals surface area contributed by atoms with E-state index >= 15 is 0 Å². The number of nitrogen functional groups attached to an aromatic ring is 1. The third kappa shape index (κ3) is 4.36. The number of amides is 1. The Morgan fingerprint density at radius 1 is 1.41 bits per heavy atom. The van der Waals surface area contributed by atoms with Crippen LogP contribution in [0, 0.1) is 0 Å². The van der Waals surface area contributed by atoms with Crippen LogP contribution in [0.15, 0.2) is 24.3 Å². The number of hydrogen-bond acceptors (Lipinski definition) is 3. The molecule has 0 aliphatic rings. The topological polar surface area (TPSA) is 55.6 Å². The Hall–Kier alpha value is -1.69. The third-order valence-electron chi connectivity index (χ3n) is 2.12. The van der Waals surface area contributed by atoms with Crippen molar-refractivity contribution in [1.82, 2.24) is 0 Å². The fourth-order valence-corrected chi connectivity index (χ4v) is 1.17. The predicted octanol–water partition coefficient (Wildman–Crippen LogP) is 1.51. The first kappa shape index (κ1) is 13.4. The predicted molar refractivity (Wildman–Crippen MR) is 61.1 cm³/mol. The van der Waals surface area contributed by atoms with Gasteiger partial charge in [0.15, 0.2) is 0 Å². The van der Waals surface area contributed by atoms with E-state index < -0.39 is 18.9 Å². The highest BCUT2D eigenvalue weighted by atomic mass is 19.3. The molecule has 0 saturated carbocycles. The summed E-state index contributed by atoms with van der Waals surface area (Å²) in [5.41, 5.74) is 6.72. The van der Waals surface area contributed by atoms with Crippen molar-refractivity contribution in [2.45, 2.75) is 6.43 Å². The van der Waals surface area contributed by atoms with Crippen molar-refractivity contribution in [3.63, 3.8) is 0 Å². The van der Waals surface area contributed by atoms with Crippen molar-refractivity contribution in [3.05, 3.63) is 24.3 Å². The smallest absolute Gasteiger partial charge is 0.261 e. The highest BCUT2D eigenvalue weighted by molar-refractivity contribution is 5.93. The highest BCUT2D eigenvalue weighted by Crippen LogP contribution is 2.14. The Kier molecular flexibility index (Phi) is 4.84. The number of rotatable bonds is 5. The molecular weight excluding hydrogens is 230 g/mol. The molecule has 1 aromatic carbocycles. The zero-order valence-corrected chi connectivity index (χ0v) is 9.40. The summed E-state index contributed by atoms with van der Waals surface area (Å²) in [5.74, 6) is -0.393. The van der Waals surface area contributed by atoms with Crippen LogP contribution >= 0.6 is 0 Å². The molecule has 0 saturated heterocycles. The molecule has 1 aromatic rings. The Morgan fingerprint density at radius 2 is 2.00 bits per heavy atom. The zero-order valence-electron chi connectivity index (χ0n) is 9.40. The maximum Gasteiger partial charge on any atom is 0.261 e. The van der Waals surface area contributed by atoms with Crippen molar-refractivity contribution < 1.29 is 18.3 Å². The SMILES string of the molecule is CN(C(=O)COCC(F)F)c1ccc(N)cc1. The molecule has 0 fully saturated rings. The van der Waals surface area contributed by atoms with Gasteiger partial charge in [-0.25, -0.2) is 8.78 Å². The lowest BCUT2D eigenvalue weighted by atomic mass is 10.2. The summed E-state index contributed by atoms with van der Waals surface area (Å²) in [6, 6.07) is 6.64. The second-order valence-electron chi connectivity index (χ2n) is 3.45. The quantitative estimate of drug-likeness (QED) is 0.799. The van der Waals surface area contributed by atoms with Gasteiger partial charge in [-0.2, -0.15) is 0 Å². The van der Waals surface area contributed by atoms with E-state index in [1.165, 1.54) is 4.90 Å². The van der Waals surface area contributed by atoms with Gasteiger partial charge < -0.3 is 15.4 Å². The van der Waals surface area contributed by atoms with E-state index in [2.05, 4.69) is 4.74 Å². The normalized spacial score (nSPS) is 10.6. The van der Waals surface area contributed by atoms with Crippen molar-refractivity contribution in [2.75, 3.05) is 30.9 Å². The van der Waals surface area contributed by atoms with Crippen LogP contribution in [0.25, 0.3) is 0 Å². The Bertz CT molecular complexity index is 368. The van der Waals surface area contributed by atoms with Crippen molar-refractivity contribution in [2.24, 2.45) is 0 Å². The minimum atomic E-state index is -2.57. The van der Waals surface area contributed by atoms with Gasteiger partial charge in [-0.15, -0.1) is 0 Å². The van der Waals surface area contributed by atoms with Crippen molar-refractivity contribution >= 4 is 17.3 Å². The average molecular weight is 244 g/mol. The summed E-state index contributed by atoms with van der Waals surface area (Å²) >= 11 is 0. The van der Waals surface area contributed by atoms with Gasteiger partial charge in [-0.05, 0) is 24.3 Å². The summed E-state index contributed by atoms with van der Waals surface area (Å²) in [6.07, 6.45) is -2.57. The van der Waals surface area contributed by atoms with Crippen LogP contribution < -0.4 is 10.6 Å². The second-order valence-corrected chi connectivity index (χ2v) is 3.45. The van der Waals surface area contributed by atoms with E-state index in [9.17, 15) is 13.6 Å². The highest BCUT2D eigenvalue weighted by Gasteiger charge is 2.12. The van der Waals surface area contributed by atoms with Gasteiger partial charge in [0.2, 0.25) is 0 Å². The molecule has 0 heterocycles. The summed E-state index contributed by atoms with van der Waals surface area (Å²) < 4.78 is 28.1. The van der Waals surface area contributed by atoms with Crippen LogP contribution in [-0.4, -0.2) is 32.6 Å². The fraction of sp³-hybridized carbons (Fsp3) is 0.364. The Morgan fingerprint density at radius 3 is 2.53 bits per heavy atom. The lowest BCUT2D eigenvalue weighted by Gasteiger charge is -2.17.